The fourth-order valence-electron chi connectivity index (χ4n) is 1.89. The van der Waals surface area contributed by atoms with Gasteiger partial charge >= 0.3 is 0 Å². The molecule has 3 unspecified atom stereocenters. The maximum atomic E-state index is 4.45. The molecule has 0 fully saturated rings. The summed E-state index contributed by atoms with van der Waals surface area (Å²) in [6, 6.07) is 0.411. The van der Waals surface area contributed by atoms with Crippen LogP contribution in [0.5, 0.6) is 0 Å². The van der Waals surface area contributed by atoms with Crippen LogP contribution in [0.4, 0.5) is 0 Å². The Morgan fingerprint density at radius 3 is 3.00 bits per heavy atom. The molecular weight excluding hydrogens is 148 g/mol. The minimum atomic E-state index is 0.411. The highest BCUT2D eigenvalue weighted by molar-refractivity contribution is 5.66. The average molecular weight is 162 g/mol. The molecule has 0 radical (unpaired) electrons. The second-order valence-corrected chi connectivity index (χ2v) is 3.36. The normalized spacial score (nSPS) is 37.2. The minimum absolute atomic E-state index is 0.411. The Morgan fingerprint density at radius 1 is 1.33 bits per heavy atom. The second-order valence-electron chi connectivity index (χ2n) is 3.36. The summed E-state index contributed by atoms with van der Waals surface area (Å²) in [6.07, 6.45) is 10.7. The summed E-state index contributed by atoms with van der Waals surface area (Å²) in [6.45, 7) is 1.03. The Hall–Kier alpha value is -0.890. The van der Waals surface area contributed by atoms with E-state index in [1.165, 1.54) is 0 Å². The number of rotatable bonds is 2. The quantitative estimate of drug-likeness (QED) is 0.644. The van der Waals surface area contributed by atoms with Crippen molar-refractivity contribution in [1.82, 2.24) is 5.32 Å². The summed E-state index contributed by atoms with van der Waals surface area (Å²) in [5.41, 5.74) is 0. The van der Waals surface area contributed by atoms with Gasteiger partial charge in [-0.15, -0.1) is 0 Å². The molecule has 0 spiro atoms. The van der Waals surface area contributed by atoms with Gasteiger partial charge in [0.25, 0.3) is 0 Å². The molecule has 0 aromatic carbocycles. The molecule has 2 nitrogen and oxygen atoms in total. The summed E-state index contributed by atoms with van der Waals surface area (Å²) < 4.78 is 0. The van der Waals surface area contributed by atoms with E-state index >= 15 is 0 Å². The van der Waals surface area contributed by atoms with Gasteiger partial charge in [0.1, 0.15) is 0 Å². The van der Waals surface area contributed by atoms with E-state index in [1.807, 2.05) is 7.05 Å². The Morgan fingerprint density at radius 2 is 2.17 bits per heavy atom. The van der Waals surface area contributed by atoms with Crippen LogP contribution in [0.3, 0.4) is 0 Å². The van der Waals surface area contributed by atoms with Gasteiger partial charge in [-0.3, -0.25) is 4.99 Å². The fourth-order valence-corrected chi connectivity index (χ4v) is 1.89. The predicted molar refractivity (Wildman–Crippen MR) is 51.5 cm³/mol. The molecule has 12 heavy (non-hydrogen) atoms. The van der Waals surface area contributed by atoms with Crippen LogP contribution in [0.25, 0.3) is 0 Å². The number of allylic oxidation sites excluding steroid dienone is 2. The SMILES string of the molecule is CNCC1C=NC2C=CC=CC12. The molecule has 0 bridgehead atoms. The molecule has 0 amide bonds. The van der Waals surface area contributed by atoms with Crippen molar-refractivity contribution in [2.75, 3.05) is 13.6 Å². The zero-order valence-electron chi connectivity index (χ0n) is 7.27. The van der Waals surface area contributed by atoms with Gasteiger partial charge in [-0.2, -0.15) is 0 Å². The maximum absolute atomic E-state index is 4.45. The number of hydrogen-bond acceptors (Lipinski definition) is 2. The Kier molecular flexibility index (Phi) is 2.09. The lowest BCUT2D eigenvalue weighted by Crippen LogP contribution is -2.27. The van der Waals surface area contributed by atoms with Crippen LogP contribution in [0.2, 0.25) is 0 Å². The van der Waals surface area contributed by atoms with Crippen molar-refractivity contribution >= 4 is 6.21 Å². The monoisotopic (exact) mass is 162 g/mol. The van der Waals surface area contributed by atoms with Gasteiger partial charge in [-0.25, -0.2) is 0 Å². The van der Waals surface area contributed by atoms with Gasteiger partial charge in [-0.1, -0.05) is 24.3 Å². The largest absolute Gasteiger partial charge is 0.319 e. The number of nitrogens with zero attached hydrogens (tertiary/aromatic N) is 1. The van der Waals surface area contributed by atoms with Gasteiger partial charge < -0.3 is 5.32 Å². The van der Waals surface area contributed by atoms with E-state index in [0.717, 1.165) is 6.54 Å². The number of nitrogens with one attached hydrogen (secondary N) is 1. The molecule has 0 saturated heterocycles. The molecule has 2 aliphatic rings. The Labute approximate surface area is 73.1 Å². The summed E-state index contributed by atoms with van der Waals surface area (Å²) in [5, 5.41) is 3.19. The van der Waals surface area contributed by atoms with Gasteiger partial charge in [0.15, 0.2) is 0 Å². The summed E-state index contributed by atoms with van der Waals surface area (Å²) in [7, 11) is 1.99. The average Bonchev–Trinajstić information content (AvgIpc) is 2.50. The smallest absolute Gasteiger partial charge is 0.0748 e. The van der Waals surface area contributed by atoms with Gasteiger partial charge in [0.2, 0.25) is 0 Å². The van der Waals surface area contributed by atoms with Crippen LogP contribution in [-0.2, 0) is 0 Å². The van der Waals surface area contributed by atoms with Crippen LogP contribution in [0, 0.1) is 11.8 Å². The number of aliphatic imine (C=N–C) groups is 1. The minimum Gasteiger partial charge on any atom is -0.319 e. The second kappa shape index (κ2) is 3.23. The summed E-state index contributed by atoms with van der Waals surface area (Å²) in [4.78, 5) is 4.45. The molecule has 1 aliphatic carbocycles. The van der Waals surface area contributed by atoms with E-state index in [0.29, 0.717) is 17.9 Å². The van der Waals surface area contributed by atoms with E-state index in [-0.39, 0.29) is 0 Å². The first kappa shape index (κ1) is 7.74. The third kappa shape index (κ3) is 1.23. The van der Waals surface area contributed by atoms with Crippen molar-refractivity contribution in [3.05, 3.63) is 24.3 Å². The van der Waals surface area contributed by atoms with Crippen LogP contribution in [0.15, 0.2) is 29.3 Å². The third-order valence-electron chi connectivity index (χ3n) is 2.53. The third-order valence-corrected chi connectivity index (χ3v) is 2.53. The topological polar surface area (TPSA) is 24.4 Å². The molecule has 2 rings (SSSR count). The van der Waals surface area contributed by atoms with Gasteiger partial charge in [0.05, 0.1) is 6.04 Å². The van der Waals surface area contributed by atoms with E-state index in [9.17, 15) is 0 Å². The molecule has 64 valence electrons. The number of hydrogen-bond donors (Lipinski definition) is 1. The van der Waals surface area contributed by atoms with Crippen LogP contribution < -0.4 is 5.32 Å². The molecule has 2 heteroatoms. The molecule has 1 N–H and O–H groups in total. The lowest BCUT2D eigenvalue weighted by atomic mass is 9.87. The van der Waals surface area contributed by atoms with Crippen molar-refractivity contribution < 1.29 is 0 Å². The standard InChI is InChI=1S/C10H14N2/c1-11-6-8-7-12-10-5-3-2-4-9(8)10/h2-5,7-11H,6H2,1H3. The summed E-state index contributed by atoms with van der Waals surface area (Å²) in [5.74, 6) is 1.18. The molecule has 1 aliphatic heterocycles. The van der Waals surface area contributed by atoms with Crippen molar-refractivity contribution in [3.8, 4) is 0 Å². The zero-order chi connectivity index (χ0) is 8.39. The molecule has 0 saturated carbocycles. The molecule has 1 heterocycles. The number of fused-ring (bicyclic) bond motifs is 1. The predicted octanol–water partition coefficient (Wildman–Crippen LogP) is 1.02. The highest BCUT2D eigenvalue weighted by Crippen LogP contribution is 2.27. The fraction of sp³-hybridized carbons (Fsp3) is 0.500. The van der Waals surface area contributed by atoms with E-state index in [2.05, 4.69) is 40.8 Å². The Bertz CT molecular complexity index is 240. The van der Waals surface area contributed by atoms with Crippen LogP contribution in [0.1, 0.15) is 0 Å². The van der Waals surface area contributed by atoms with Crippen molar-refractivity contribution in [2.45, 2.75) is 6.04 Å². The van der Waals surface area contributed by atoms with Crippen molar-refractivity contribution in [3.63, 3.8) is 0 Å². The first-order chi connectivity index (χ1) is 5.92. The van der Waals surface area contributed by atoms with Crippen LogP contribution >= 0.6 is 0 Å². The molecule has 0 aromatic rings. The highest BCUT2D eigenvalue weighted by Gasteiger charge is 2.29. The van der Waals surface area contributed by atoms with Gasteiger partial charge in [-0.05, 0) is 7.05 Å². The summed E-state index contributed by atoms with van der Waals surface area (Å²) >= 11 is 0. The first-order valence-electron chi connectivity index (χ1n) is 4.44. The zero-order valence-corrected chi connectivity index (χ0v) is 7.27. The molecular formula is C10H14N2. The highest BCUT2D eigenvalue weighted by atomic mass is 14.9. The lowest BCUT2D eigenvalue weighted by Gasteiger charge is -2.19. The van der Waals surface area contributed by atoms with Crippen LogP contribution in [-0.4, -0.2) is 25.8 Å². The van der Waals surface area contributed by atoms with Gasteiger partial charge in [0, 0.05) is 24.6 Å². The maximum Gasteiger partial charge on any atom is 0.0748 e. The Balaban J connectivity index is 2.08. The lowest BCUT2D eigenvalue weighted by molar-refractivity contribution is 0.483. The first-order valence-corrected chi connectivity index (χ1v) is 4.44. The van der Waals surface area contributed by atoms with Crippen molar-refractivity contribution in [1.29, 1.82) is 0 Å². The van der Waals surface area contributed by atoms with E-state index in [1.54, 1.807) is 0 Å². The van der Waals surface area contributed by atoms with Crippen molar-refractivity contribution in [2.24, 2.45) is 16.8 Å². The molecule has 3 atom stereocenters. The van der Waals surface area contributed by atoms with E-state index < -0.39 is 0 Å². The van der Waals surface area contributed by atoms with E-state index in [4.69, 9.17) is 0 Å². The molecule has 0 aromatic heterocycles.